The molecule has 0 atom stereocenters. The fourth-order valence-electron chi connectivity index (χ4n) is 2.25. The number of pyridine rings is 1. The molecule has 0 unspecified atom stereocenters. The third kappa shape index (κ3) is 1.51. The first-order valence-electron chi connectivity index (χ1n) is 4.99. The molecule has 0 aromatic carbocycles. The van der Waals surface area contributed by atoms with Gasteiger partial charge in [-0.25, -0.2) is 0 Å². The predicted octanol–water partition coefficient (Wildman–Crippen LogP) is 0.505. The zero-order valence-corrected chi connectivity index (χ0v) is 9.03. The van der Waals surface area contributed by atoms with E-state index in [0.717, 1.165) is 30.6 Å². The second-order valence-electron chi connectivity index (χ2n) is 4.12. The summed E-state index contributed by atoms with van der Waals surface area (Å²) >= 11 is 0. The SMILES string of the molecule is CNc1cnccc1C1(C=O)CN(C)C1. The normalized spacial score (nSPS) is 19.3. The number of aldehydes is 1. The molecule has 0 radical (unpaired) electrons. The minimum Gasteiger partial charge on any atom is -0.387 e. The summed E-state index contributed by atoms with van der Waals surface area (Å²) in [4.78, 5) is 17.4. The molecule has 80 valence electrons. The molecule has 0 aliphatic carbocycles. The van der Waals surface area contributed by atoms with Gasteiger partial charge in [0.1, 0.15) is 6.29 Å². The molecule has 1 aromatic rings. The molecule has 15 heavy (non-hydrogen) atoms. The Labute approximate surface area is 89.3 Å². The van der Waals surface area contributed by atoms with Crippen LogP contribution in [0.15, 0.2) is 18.5 Å². The summed E-state index contributed by atoms with van der Waals surface area (Å²) in [5.41, 5.74) is 1.65. The Kier molecular flexibility index (Phi) is 2.44. The molecule has 0 spiro atoms. The van der Waals surface area contributed by atoms with Crippen LogP contribution in [0.5, 0.6) is 0 Å². The molecule has 1 aliphatic heterocycles. The van der Waals surface area contributed by atoms with Gasteiger partial charge in [-0.05, 0) is 18.7 Å². The molecular formula is C11H15N3O. The van der Waals surface area contributed by atoms with Crippen molar-refractivity contribution in [2.24, 2.45) is 0 Å². The van der Waals surface area contributed by atoms with Crippen LogP contribution < -0.4 is 5.32 Å². The van der Waals surface area contributed by atoms with Crippen molar-refractivity contribution in [3.63, 3.8) is 0 Å². The molecule has 1 saturated heterocycles. The van der Waals surface area contributed by atoms with Crippen molar-refractivity contribution in [1.29, 1.82) is 0 Å². The van der Waals surface area contributed by atoms with E-state index in [1.54, 1.807) is 12.4 Å². The van der Waals surface area contributed by atoms with E-state index in [-0.39, 0.29) is 5.41 Å². The second-order valence-corrected chi connectivity index (χ2v) is 4.12. The molecule has 2 heterocycles. The highest BCUT2D eigenvalue weighted by Gasteiger charge is 2.43. The molecule has 2 rings (SSSR count). The number of carbonyl (C=O) groups is 1. The van der Waals surface area contributed by atoms with Crippen LogP contribution in [0.3, 0.4) is 0 Å². The number of hydrogen-bond donors (Lipinski definition) is 1. The van der Waals surface area contributed by atoms with Crippen LogP contribution in [0, 0.1) is 0 Å². The van der Waals surface area contributed by atoms with Gasteiger partial charge in [-0.3, -0.25) is 4.98 Å². The van der Waals surface area contributed by atoms with E-state index in [0.29, 0.717) is 0 Å². The van der Waals surface area contributed by atoms with Crippen LogP contribution in [0.4, 0.5) is 5.69 Å². The minimum absolute atomic E-state index is 0.337. The Balaban J connectivity index is 2.39. The maximum absolute atomic E-state index is 11.2. The van der Waals surface area contributed by atoms with Crippen LogP contribution in [0.2, 0.25) is 0 Å². The van der Waals surface area contributed by atoms with Crippen molar-refractivity contribution in [2.75, 3.05) is 32.5 Å². The zero-order chi connectivity index (χ0) is 10.9. The van der Waals surface area contributed by atoms with E-state index in [1.807, 2.05) is 20.2 Å². The van der Waals surface area contributed by atoms with Crippen molar-refractivity contribution >= 4 is 12.0 Å². The molecule has 4 nitrogen and oxygen atoms in total. The van der Waals surface area contributed by atoms with Crippen LogP contribution in [0.1, 0.15) is 5.56 Å². The van der Waals surface area contributed by atoms with E-state index in [4.69, 9.17) is 0 Å². The summed E-state index contributed by atoms with van der Waals surface area (Å²) < 4.78 is 0. The van der Waals surface area contributed by atoms with Crippen LogP contribution in [-0.4, -0.2) is 43.4 Å². The molecule has 1 fully saturated rings. The number of anilines is 1. The number of nitrogens with zero attached hydrogens (tertiary/aromatic N) is 2. The lowest BCUT2D eigenvalue weighted by atomic mass is 9.75. The lowest BCUT2D eigenvalue weighted by Crippen LogP contribution is -2.58. The average Bonchev–Trinajstić information content (AvgIpc) is 2.24. The maximum Gasteiger partial charge on any atom is 0.133 e. The Morgan fingerprint density at radius 2 is 2.33 bits per heavy atom. The number of nitrogens with one attached hydrogen (secondary N) is 1. The van der Waals surface area contributed by atoms with Gasteiger partial charge in [0.2, 0.25) is 0 Å². The van der Waals surface area contributed by atoms with Crippen molar-refractivity contribution in [2.45, 2.75) is 5.41 Å². The maximum atomic E-state index is 11.2. The monoisotopic (exact) mass is 205 g/mol. The highest BCUT2D eigenvalue weighted by atomic mass is 16.1. The number of likely N-dealkylation sites (N-methyl/N-ethyl adjacent to an activating group) is 1. The van der Waals surface area contributed by atoms with Crippen molar-refractivity contribution in [3.05, 3.63) is 24.0 Å². The number of carbonyl (C=O) groups excluding carboxylic acids is 1. The van der Waals surface area contributed by atoms with E-state index < -0.39 is 0 Å². The van der Waals surface area contributed by atoms with Gasteiger partial charge < -0.3 is 15.0 Å². The Hall–Kier alpha value is -1.42. The Bertz CT molecular complexity index is 372. The number of rotatable bonds is 3. The minimum atomic E-state index is -0.337. The first-order chi connectivity index (χ1) is 7.22. The van der Waals surface area contributed by atoms with Gasteiger partial charge in [0.25, 0.3) is 0 Å². The number of likely N-dealkylation sites (tertiary alicyclic amines) is 1. The van der Waals surface area contributed by atoms with Crippen LogP contribution in [0.25, 0.3) is 0 Å². The van der Waals surface area contributed by atoms with Crippen molar-refractivity contribution in [3.8, 4) is 0 Å². The smallest absolute Gasteiger partial charge is 0.133 e. The third-order valence-electron chi connectivity index (χ3n) is 2.96. The Morgan fingerprint density at radius 3 is 2.87 bits per heavy atom. The van der Waals surface area contributed by atoms with E-state index in [9.17, 15) is 4.79 Å². The molecule has 1 aliphatic rings. The first kappa shape index (κ1) is 10.1. The topological polar surface area (TPSA) is 45.2 Å². The van der Waals surface area contributed by atoms with E-state index in [2.05, 4.69) is 15.2 Å². The molecule has 1 aromatic heterocycles. The zero-order valence-electron chi connectivity index (χ0n) is 9.03. The summed E-state index contributed by atoms with van der Waals surface area (Å²) in [5, 5.41) is 3.08. The second kappa shape index (κ2) is 3.62. The lowest BCUT2D eigenvalue weighted by Gasteiger charge is -2.45. The van der Waals surface area contributed by atoms with Crippen LogP contribution >= 0.6 is 0 Å². The van der Waals surface area contributed by atoms with E-state index >= 15 is 0 Å². The quantitative estimate of drug-likeness (QED) is 0.730. The molecule has 4 heteroatoms. The van der Waals surface area contributed by atoms with E-state index in [1.165, 1.54) is 0 Å². The Morgan fingerprint density at radius 1 is 1.60 bits per heavy atom. The number of hydrogen-bond acceptors (Lipinski definition) is 4. The first-order valence-corrected chi connectivity index (χ1v) is 4.99. The standard InChI is InChI=1S/C11H15N3O/c1-12-10-5-13-4-3-9(10)11(8-15)6-14(2)7-11/h3-5,8,12H,6-7H2,1-2H3. The summed E-state index contributed by atoms with van der Waals surface area (Å²) in [7, 11) is 3.86. The predicted molar refractivity (Wildman–Crippen MR) is 59.0 cm³/mol. The van der Waals surface area contributed by atoms with Crippen molar-refractivity contribution < 1.29 is 4.79 Å². The number of aromatic nitrogens is 1. The fourth-order valence-corrected chi connectivity index (χ4v) is 2.25. The highest BCUT2D eigenvalue weighted by molar-refractivity contribution is 5.75. The summed E-state index contributed by atoms with van der Waals surface area (Å²) in [6, 6.07) is 1.92. The summed E-state index contributed by atoms with van der Waals surface area (Å²) in [5.74, 6) is 0. The van der Waals surface area contributed by atoms with Crippen molar-refractivity contribution in [1.82, 2.24) is 9.88 Å². The van der Waals surface area contributed by atoms with Gasteiger partial charge in [-0.2, -0.15) is 0 Å². The lowest BCUT2D eigenvalue weighted by molar-refractivity contribution is -0.117. The highest BCUT2D eigenvalue weighted by Crippen LogP contribution is 2.35. The van der Waals surface area contributed by atoms with Gasteiger partial charge in [0.05, 0.1) is 17.3 Å². The summed E-state index contributed by atoms with van der Waals surface area (Å²) in [6.45, 7) is 1.57. The molecule has 0 amide bonds. The average molecular weight is 205 g/mol. The van der Waals surface area contributed by atoms with Crippen LogP contribution in [-0.2, 0) is 10.2 Å². The molecule has 0 bridgehead atoms. The summed E-state index contributed by atoms with van der Waals surface area (Å²) in [6.07, 6.45) is 4.56. The largest absolute Gasteiger partial charge is 0.387 e. The fraction of sp³-hybridized carbons (Fsp3) is 0.455. The third-order valence-corrected chi connectivity index (χ3v) is 2.96. The van der Waals surface area contributed by atoms with Gasteiger partial charge >= 0.3 is 0 Å². The van der Waals surface area contributed by atoms with Gasteiger partial charge in [0, 0.05) is 26.3 Å². The van der Waals surface area contributed by atoms with Gasteiger partial charge in [-0.1, -0.05) is 0 Å². The molecule has 1 N–H and O–H groups in total. The van der Waals surface area contributed by atoms with Gasteiger partial charge in [-0.15, -0.1) is 0 Å². The van der Waals surface area contributed by atoms with Gasteiger partial charge in [0.15, 0.2) is 0 Å². The molecular weight excluding hydrogens is 190 g/mol. The molecule has 0 saturated carbocycles.